The molecule has 1 aromatic heterocycles. The molecule has 0 spiro atoms. The van der Waals surface area contributed by atoms with Crippen LogP contribution in [0.5, 0.6) is 0 Å². The summed E-state index contributed by atoms with van der Waals surface area (Å²) in [6.07, 6.45) is 3.39. The summed E-state index contributed by atoms with van der Waals surface area (Å²) in [4.78, 5) is 8.94. The molecule has 0 unspecified atom stereocenters. The summed E-state index contributed by atoms with van der Waals surface area (Å²) < 4.78 is 0. The Balaban J connectivity index is 2.19. The molecule has 0 saturated carbocycles. The summed E-state index contributed by atoms with van der Waals surface area (Å²) in [5.41, 5.74) is 4.82. The molecule has 1 heterocycles. The quantitative estimate of drug-likeness (QED) is 0.675. The predicted molar refractivity (Wildman–Crippen MR) is 82.7 cm³/mol. The summed E-state index contributed by atoms with van der Waals surface area (Å²) in [7, 11) is 0. The number of benzene rings is 2. The molecule has 3 heteroatoms. The molecule has 0 aliphatic carbocycles. The maximum Gasteiger partial charge on any atom is 0.0980 e. The van der Waals surface area contributed by atoms with Crippen LogP contribution in [0, 0.1) is 6.92 Å². The Morgan fingerprint density at radius 3 is 2.15 bits per heavy atom. The van der Waals surface area contributed by atoms with E-state index in [0.29, 0.717) is 5.02 Å². The second kappa shape index (κ2) is 5.43. The lowest BCUT2D eigenvalue weighted by molar-refractivity contribution is 1.21. The first-order chi connectivity index (χ1) is 9.75. The molecule has 0 radical (unpaired) electrons. The van der Waals surface area contributed by atoms with Crippen molar-refractivity contribution in [2.75, 3.05) is 0 Å². The van der Waals surface area contributed by atoms with Gasteiger partial charge < -0.3 is 0 Å². The molecule has 0 bridgehead atoms. The number of hydrogen-bond acceptors (Lipinski definition) is 2. The average molecular weight is 281 g/mol. The lowest BCUT2D eigenvalue weighted by Crippen LogP contribution is -1.93. The van der Waals surface area contributed by atoms with Crippen molar-refractivity contribution in [3.63, 3.8) is 0 Å². The van der Waals surface area contributed by atoms with E-state index in [4.69, 9.17) is 11.6 Å². The van der Waals surface area contributed by atoms with Gasteiger partial charge in [-0.3, -0.25) is 9.97 Å². The van der Waals surface area contributed by atoms with Gasteiger partial charge in [0, 0.05) is 23.5 Å². The molecule has 3 aromatic rings. The van der Waals surface area contributed by atoms with Crippen LogP contribution in [0.1, 0.15) is 5.56 Å². The lowest BCUT2D eigenvalue weighted by Gasteiger charge is -2.09. The van der Waals surface area contributed by atoms with E-state index in [0.717, 1.165) is 22.5 Å². The van der Waals surface area contributed by atoms with Crippen LogP contribution in [0.4, 0.5) is 0 Å². The first-order valence-electron chi connectivity index (χ1n) is 6.38. The zero-order valence-corrected chi connectivity index (χ0v) is 11.8. The van der Waals surface area contributed by atoms with Crippen molar-refractivity contribution in [3.8, 4) is 22.5 Å². The van der Waals surface area contributed by atoms with Gasteiger partial charge in [0.1, 0.15) is 0 Å². The summed E-state index contributed by atoms with van der Waals surface area (Å²) in [6.45, 7) is 2.06. The summed E-state index contributed by atoms with van der Waals surface area (Å²) in [5.74, 6) is 0. The summed E-state index contributed by atoms with van der Waals surface area (Å²) >= 11 is 6.28. The molecule has 0 aliphatic rings. The first-order valence-corrected chi connectivity index (χ1v) is 6.76. The number of hydrogen-bond donors (Lipinski definition) is 0. The van der Waals surface area contributed by atoms with Crippen molar-refractivity contribution in [1.82, 2.24) is 9.97 Å². The number of rotatable bonds is 2. The fraction of sp³-hybridized carbons (Fsp3) is 0.0588. The second-order valence-electron chi connectivity index (χ2n) is 4.60. The molecular weight excluding hydrogens is 268 g/mol. The Morgan fingerprint density at radius 1 is 0.800 bits per heavy atom. The van der Waals surface area contributed by atoms with Gasteiger partial charge in [-0.2, -0.15) is 0 Å². The van der Waals surface area contributed by atoms with Crippen molar-refractivity contribution < 1.29 is 0 Å². The van der Waals surface area contributed by atoms with Crippen LogP contribution in [0.15, 0.2) is 60.9 Å². The van der Waals surface area contributed by atoms with E-state index >= 15 is 0 Å². The topological polar surface area (TPSA) is 25.8 Å². The normalized spacial score (nSPS) is 10.5. The van der Waals surface area contributed by atoms with Crippen molar-refractivity contribution >= 4 is 11.6 Å². The Kier molecular flexibility index (Phi) is 3.48. The molecule has 0 fully saturated rings. The fourth-order valence-electron chi connectivity index (χ4n) is 2.11. The second-order valence-corrected chi connectivity index (χ2v) is 5.01. The molecule has 98 valence electrons. The molecule has 0 N–H and O–H groups in total. The van der Waals surface area contributed by atoms with Gasteiger partial charge in [0.25, 0.3) is 0 Å². The van der Waals surface area contributed by atoms with Crippen LogP contribution in [0.3, 0.4) is 0 Å². The number of aromatic nitrogens is 2. The molecule has 0 amide bonds. The number of nitrogens with zero attached hydrogens (tertiary/aromatic N) is 2. The highest BCUT2D eigenvalue weighted by Gasteiger charge is 2.12. The van der Waals surface area contributed by atoms with Crippen LogP contribution in [0.25, 0.3) is 22.5 Å². The van der Waals surface area contributed by atoms with Gasteiger partial charge in [0.15, 0.2) is 0 Å². The largest absolute Gasteiger partial charge is 0.252 e. The fourth-order valence-corrected chi connectivity index (χ4v) is 2.34. The molecule has 3 rings (SSSR count). The SMILES string of the molecule is Cc1ccc(-c2nccnc2-c2ccccc2Cl)cc1. The van der Waals surface area contributed by atoms with Crippen LogP contribution in [-0.4, -0.2) is 9.97 Å². The van der Waals surface area contributed by atoms with Crippen molar-refractivity contribution in [2.24, 2.45) is 0 Å². The molecule has 0 saturated heterocycles. The summed E-state index contributed by atoms with van der Waals surface area (Å²) in [6, 6.07) is 15.9. The van der Waals surface area contributed by atoms with E-state index in [-0.39, 0.29) is 0 Å². The molecular formula is C17H13ClN2. The Hall–Kier alpha value is -2.19. The lowest BCUT2D eigenvalue weighted by atomic mass is 10.0. The minimum absolute atomic E-state index is 0.682. The predicted octanol–water partition coefficient (Wildman–Crippen LogP) is 4.77. The highest BCUT2D eigenvalue weighted by atomic mass is 35.5. The van der Waals surface area contributed by atoms with Crippen LogP contribution >= 0.6 is 11.6 Å². The Morgan fingerprint density at radius 2 is 1.45 bits per heavy atom. The van der Waals surface area contributed by atoms with E-state index in [9.17, 15) is 0 Å². The number of aryl methyl sites for hydroxylation is 1. The molecule has 2 nitrogen and oxygen atoms in total. The van der Waals surface area contributed by atoms with Crippen LogP contribution in [-0.2, 0) is 0 Å². The zero-order chi connectivity index (χ0) is 13.9. The van der Waals surface area contributed by atoms with Gasteiger partial charge in [-0.25, -0.2) is 0 Å². The zero-order valence-electron chi connectivity index (χ0n) is 11.0. The van der Waals surface area contributed by atoms with Gasteiger partial charge in [-0.05, 0) is 13.0 Å². The van der Waals surface area contributed by atoms with Crippen molar-refractivity contribution in [2.45, 2.75) is 6.92 Å². The van der Waals surface area contributed by atoms with Crippen LogP contribution in [0.2, 0.25) is 5.02 Å². The van der Waals surface area contributed by atoms with Gasteiger partial charge in [0.05, 0.1) is 16.4 Å². The maximum atomic E-state index is 6.28. The molecule has 20 heavy (non-hydrogen) atoms. The summed E-state index contributed by atoms with van der Waals surface area (Å²) in [5, 5.41) is 0.682. The third kappa shape index (κ3) is 2.43. The van der Waals surface area contributed by atoms with Gasteiger partial charge in [-0.1, -0.05) is 59.6 Å². The minimum Gasteiger partial charge on any atom is -0.252 e. The maximum absolute atomic E-state index is 6.28. The molecule has 2 aromatic carbocycles. The third-order valence-corrected chi connectivity index (χ3v) is 3.48. The Labute approximate surface area is 123 Å². The van der Waals surface area contributed by atoms with Crippen molar-refractivity contribution in [3.05, 3.63) is 71.5 Å². The van der Waals surface area contributed by atoms with Gasteiger partial charge in [-0.15, -0.1) is 0 Å². The monoisotopic (exact) mass is 280 g/mol. The third-order valence-electron chi connectivity index (χ3n) is 3.15. The van der Waals surface area contributed by atoms with Crippen molar-refractivity contribution in [1.29, 1.82) is 0 Å². The van der Waals surface area contributed by atoms with E-state index in [1.165, 1.54) is 5.56 Å². The van der Waals surface area contributed by atoms with E-state index in [1.54, 1.807) is 12.4 Å². The smallest absolute Gasteiger partial charge is 0.0980 e. The van der Waals surface area contributed by atoms with E-state index < -0.39 is 0 Å². The van der Waals surface area contributed by atoms with E-state index in [2.05, 4.69) is 41.2 Å². The Bertz CT molecular complexity index is 736. The molecule has 0 atom stereocenters. The average Bonchev–Trinajstić information content (AvgIpc) is 2.49. The first kappa shape index (κ1) is 12.8. The highest BCUT2D eigenvalue weighted by molar-refractivity contribution is 6.33. The van der Waals surface area contributed by atoms with Crippen LogP contribution < -0.4 is 0 Å². The minimum atomic E-state index is 0.682. The number of halogens is 1. The van der Waals surface area contributed by atoms with Gasteiger partial charge >= 0.3 is 0 Å². The standard InChI is InChI=1S/C17H13ClN2/c1-12-6-8-13(9-7-12)16-17(20-11-10-19-16)14-4-2-3-5-15(14)18/h2-11H,1H3. The van der Waals surface area contributed by atoms with E-state index in [1.807, 2.05) is 24.3 Å². The highest BCUT2D eigenvalue weighted by Crippen LogP contribution is 2.32. The molecule has 0 aliphatic heterocycles. The van der Waals surface area contributed by atoms with Gasteiger partial charge in [0.2, 0.25) is 0 Å².